The molecule has 0 amide bonds. The van der Waals surface area contributed by atoms with Gasteiger partial charge in [-0.05, 0) is 81.5 Å². The number of ether oxygens (including phenoxy) is 3. The van der Waals surface area contributed by atoms with Crippen LogP contribution >= 0.6 is 0 Å². The third kappa shape index (κ3) is 6.00. The van der Waals surface area contributed by atoms with Crippen molar-refractivity contribution in [2.75, 3.05) is 0 Å². The molecule has 2 atom stereocenters. The molecule has 3 saturated carbocycles. The van der Waals surface area contributed by atoms with Crippen LogP contribution in [0.2, 0.25) is 0 Å². The first kappa shape index (κ1) is 22.2. The standard InChI is InChI=1S/C22H36O7/c1-22(2,14-3-7-16(23)8-4-14)15-5-9-17(10-6-15)28-21(26)29-19-12-11-18(13-19)27-20(24)25/h14-19,23H,3-13H2,1-2H3,(H,24,25). The van der Waals surface area contributed by atoms with E-state index in [-0.39, 0.29) is 23.7 Å². The molecule has 0 saturated heterocycles. The Morgan fingerprint density at radius 2 is 1.17 bits per heavy atom. The number of carbonyl (C=O) groups is 2. The Hall–Kier alpha value is -1.50. The Morgan fingerprint density at radius 3 is 1.72 bits per heavy atom. The number of aliphatic hydroxyl groups excluding tert-OH is 1. The lowest BCUT2D eigenvalue weighted by Gasteiger charge is -2.46. The predicted octanol–water partition coefficient (Wildman–Crippen LogP) is 4.89. The van der Waals surface area contributed by atoms with Crippen molar-refractivity contribution in [3.05, 3.63) is 0 Å². The molecule has 7 heteroatoms. The Morgan fingerprint density at radius 1 is 0.724 bits per heavy atom. The van der Waals surface area contributed by atoms with Crippen molar-refractivity contribution < 1.29 is 34.0 Å². The van der Waals surface area contributed by atoms with Crippen LogP contribution in [0.3, 0.4) is 0 Å². The van der Waals surface area contributed by atoms with E-state index in [0.717, 1.165) is 51.4 Å². The molecule has 3 fully saturated rings. The summed E-state index contributed by atoms with van der Waals surface area (Å²) in [5.41, 5.74) is 0.245. The highest BCUT2D eigenvalue weighted by Crippen LogP contribution is 2.48. The first-order valence-electron chi connectivity index (χ1n) is 11.2. The molecule has 2 unspecified atom stereocenters. The van der Waals surface area contributed by atoms with Crippen LogP contribution in [0.1, 0.15) is 84.5 Å². The van der Waals surface area contributed by atoms with Crippen LogP contribution in [0.5, 0.6) is 0 Å². The van der Waals surface area contributed by atoms with Gasteiger partial charge in [-0.15, -0.1) is 0 Å². The summed E-state index contributed by atoms with van der Waals surface area (Å²) in [5.74, 6) is 1.27. The van der Waals surface area contributed by atoms with Gasteiger partial charge in [0, 0.05) is 6.42 Å². The van der Waals surface area contributed by atoms with Crippen molar-refractivity contribution in [1.29, 1.82) is 0 Å². The molecule has 3 aliphatic carbocycles. The topological polar surface area (TPSA) is 102 Å². The number of hydrogen-bond donors (Lipinski definition) is 2. The summed E-state index contributed by atoms with van der Waals surface area (Å²) in [6, 6.07) is 0. The molecule has 3 rings (SSSR count). The van der Waals surface area contributed by atoms with Gasteiger partial charge in [0.1, 0.15) is 18.3 Å². The fourth-order valence-corrected chi connectivity index (χ4v) is 5.64. The normalized spacial score (nSPS) is 35.7. The molecule has 166 valence electrons. The van der Waals surface area contributed by atoms with Crippen LogP contribution in [0.25, 0.3) is 0 Å². The Kier molecular flexibility index (Phi) is 7.30. The molecule has 0 radical (unpaired) electrons. The van der Waals surface area contributed by atoms with Gasteiger partial charge in [-0.25, -0.2) is 9.59 Å². The third-order valence-electron chi connectivity index (χ3n) is 7.60. The molecule has 2 N–H and O–H groups in total. The second-order valence-electron chi connectivity index (χ2n) is 9.73. The van der Waals surface area contributed by atoms with Crippen LogP contribution in [0.4, 0.5) is 9.59 Å². The van der Waals surface area contributed by atoms with Crippen molar-refractivity contribution in [3.63, 3.8) is 0 Å². The summed E-state index contributed by atoms with van der Waals surface area (Å²) in [7, 11) is 0. The van der Waals surface area contributed by atoms with Gasteiger partial charge in [-0.1, -0.05) is 13.8 Å². The number of carboxylic acid groups (broad SMARTS) is 1. The predicted molar refractivity (Wildman–Crippen MR) is 106 cm³/mol. The summed E-state index contributed by atoms with van der Waals surface area (Å²) in [4.78, 5) is 22.7. The lowest BCUT2D eigenvalue weighted by molar-refractivity contribution is -0.0332. The van der Waals surface area contributed by atoms with Gasteiger partial charge in [-0.2, -0.15) is 0 Å². The lowest BCUT2D eigenvalue weighted by Crippen LogP contribution is -2.39. The third-order valence-corrected chi connectivity index (χ3v) is 7.60. The summed E-state index contributed by atoms with van der Waals surface area (Å²) in [6.45, 7) is 4.73. The summed E-state index contributed by atoms with van der Waals surface area (Å²) in [5, 5.41) is 18.4. The van der Waals surface area contributed by atoms with Gasteiger partial charge in [0.25, 0.3) is 0 Å². The van der Waals surface area contributed by atoms with E-state index in [9.17, 15) is 14.7 Å². The molecule has 3 aliphatic rings. The van der Waals surface area contributed by atoms with E-state index in [0.29, 0.717) is 31.1 Å². The molecule has 0 aromatic carbocycles. The lowest BCUT2D eigenvalue weighted by atomic mass is 9.60. The second kappa shape index (κ2) is 9.54. The molecule has 0 heterocycles. The molecule has 0 aromatic heterocycles. The van der Waals surface area contributed by atoms with Gasteiger partial charge in [0.05, 0.1) is 6.10 Å². The van der Waals surface area contributed by atoms with E-state index < -0.39 is 18.4 Å². The largest absolute Gasteiger partial charge is 0.508 e. The number of rotatable bonds is 5. The minimum atomic E-state index is -1.29. The van der Waals surface area contributed by atoms with Crippen molar-refractivity contribution in [3.8, 4) is 0 Å². The van der Waals surface area contributed by atoms with Crippen molar-refractivity contribution >= 4 is 12.3 Å². The van der Waals surface area contributed by atoms with Gasteiger partial charge >= 0.3 is 12.3 Å². The smallest absolute Gasteiger partial charge is 0.450 e. The molecule has 7 nitrogen and oxygen atoms in total. The second-order valence-corrected chi connectivity index (χ2v) is 9.73. The maximum Gasteiger partial charge on any atom is 0.508 e. The van der Waals surface area contributed by atoms with Crippen LogP contribution in [-0.4, -0.2) is 46.9 Å². The summed E-state index contributed by atoms with van der Waals surface area (Å²) < 4.78 is 15.6. The minimum Gasteiger partial charge on any atom is -0.450 e. The van der Waals surface area contributed by atoms with Crippen LogP contribution < -0.4 is 0 Å². The molecular weight excluding hydrogens is 376 g/mol. The summed E-state index contributed by atoms with van der Waals surface area (Å²) >= 11 is 0. The number of hydrogen-bond acceptors (Lipinski definition) is 6. The molecule has 0 aromatic rings. The molecule has 0 bridgehead atoms. The average molecular weight is 413 g/mol. The Bertz CT molecular complexity index is 560. The quantitative estimate of drug-likeness (QED) is 0.620. The van der Waals surface area contributed by atoms with E-state index in [1.165, 1.54) is 0 Å². The first-order chi connectivity index (χ1) is 13.7. The zero-order valence-electron chi connectivity index (χ0n) is 17.7. The van der Waals surface area contributed by atoms with Crippen molar-refractivity contribution in [2.45, 2.75) is 109 Å². The zero-order chi connectivity index (χ0) is 21.0. The van der Waals surface area contributed by atoms with Gasteiger partial charge in [0.15, 0.2) is 0 Å². The fraction of sp³-hybridized carbons (Fsp3) is 0.909. The molecule has 29 heavy (non-hydrogen) atoms. The van der Waals surface area contributed by atoms with E-state index >= 15 is 0 Å². The number of aliphatic hydroxyl groups is 1. The van der Waals surface area contributed by atoms with Crippen molar-refractivity contribution in [2.24, 2.45) is 17.3 Å². The fourth-order valence-electron chi connectivity index (χ4n) is 5.64. The van der Waals surface area contributed by atoms with E-state index in [2.05, 4.69) is 13.8 Å². The zero-order valence-corrected chi connectivity index (χ0v) is 17.7. The van der Waals surface area contributed by atoms with Crippen LogP contribution in [0, 0.1) is 17.3 Å². The van der Waals surface area contributed by atoms with Crippen molar-refractivity contribution in [1.82, 2.24) is 0 Å². The Labute approximate surface area is 173 Å². The van der Waals surface area contributed by atoms with Gasteiger partial charge in [-0.3, -0.25) is 0 Å². The monoisotopic (exact) mass is 412 g/mol. The van der Waals surface area contributed by atoms with E-state index in [1.807, 2.05) is 0 Å². The van der Waals surface area contributed by atoms with Gasteiger partial charge < -0.3 is 24.4 Å². The molecule has 0 spiro atoms. The van der Waals surface area contributed by atoms with E-state index in [1.54, 1.807) is 0 Å². The maximum absolute atomic E-state index is 12.1. The maximum atomic E-state index is 12.1. The van der Waals surface area contributed by atoms with Gasteiger partial charge in [0.2, 0.25) is 0 Å². The van der Waals surface area contributed by atoms with Crippen LogP contribution in [0.15, 0.2) is 0 Å². The highest BCUT2D eigenvalue weighted by Gasteiger charge is 2.41. The first-order valence-corrected chi connectivity index (χ1v) is 11.2. The highest BCUT2D eigenvalue weighted by molar-refractivity contribution is 5.60. The molecular formula is C22H36O7. The van der Waals surface area contributed by atoms with E-state index in [4.69, 9.17) is 19.3 Å². The Balaban J connectivity index is 1.38. The average Bonchev–Trinajstić information content (AvgIpc) is 3.08. The SMILES string of the molecule is CC(C)(C1CCC(O)CC1)C1CCC(OC(=O)OC2CCC(OC(=O)O)C2)CC1. The highest BCUT2D eigenvalue weighted by atomic mass is 16.7. The molecule has 0 aliphatic heterocycles. The minimum absolute atomic E-state index is 0.102. The summed E-state index contributed by atoms with van der Waals surface area (Å²) in [6.07, 6.45) is 6.52. The number of carbonyl (C=O) groups excluding carboxylic acids is 1. The van der Waals surface area contributed by atoms with Crippen LogP contribution in [-0.2, 0) is 14.2 Å².